The van der Waals surface area contributed by atoms with Crippen LogP contribution in [0.5, 0.6) is 0 Å². The van der Waals surface area contributed by atoms with Crippen LogP contribution in [0.15, 0.2) is 22.9 Å². The fourth-order valence-electron chi connectivity index (χ4n) is 1.37. The number of nitrogens with zero attached hydrogens (tertiary/aromatic N) is 1. The quantitative estimate of drug-likeness (QED) is 0.593. The summed E-state index contributed by atoms with van der Waals surface area (Å²) in [7, 11) is 0. The molecule has 1 heterocycles. The average Bonchev–Trinajstić information content (AvgIpc) is 2.37. The number of unbranched alkanes of at least 4 members (excludes halogenated alkanes) is 1. The van der Waals surface area contributed by atoms with Crippen molar-refractivity contribution in [3.8, 4) is 0 Å². The van der Waals surface area contributed by atoms with Crippen LogP contribution in [0.4, 0.5) is 0 Å². The van der Waals surface area contributed by atoms with E-state index in [1.165, 1.54) is 0 Å². The summed E-state index contributed by atoms with van der Waals surface area (Å²) < 4.78 is 6.08. The van der Waals surface area contributed by atoms with E-state index < -0.39 is 0 Å². The number of amides is 1. The fraction of sp³-hybridized carbons (Fsp3) is 0.538. The van der Waals surface area contributed by atoms with Gasteiger partial charge < -0.3 is 10.1 Å². The molecule has 1 aromatic heterocycles. The zero-order chi connectivity index (χ0) is 13.2. The molecular weight excluding hydrogens is 296 g/mol. The SMILES string of the molecule is CCCCOCCCNC(=O)c1ccnc(Br)c1. The summed E-state index contributed by atoms with van der Waals surface area (Å²) in [5, 5.41) is 2.85. The zero-order valence-corrected chi connectivity index (χ0v) is 12.2. The zero-order valence-electron chi connectivity index (χ0n) is 10.6. The number of pyridine rings is 1. The summed E-state index contributed by atoms with van der Waals surface area (Å²) in [6, 6.07) is 3.39. The summed E-state index contributed by atoms with van der Waals surface area (Å²) in [6.07, 6.45) is 4.68. The van der Waals surface area contributed by atoms with Crippen molar-refractivity contribution >= 4 is 21.8 Å². The van der Waals surface area contributed by atoms with Crippen molar-refractivity contribution in [3.63, 3.8) is 0 Å². The Morgan fingerprint density at radius 3 is 2.94 bits per heavy atom. The van der Waals surface area contributed by atoms with Crippen LogP contribution in [0, 0.1) is 0 Å². The van der Waals surface area contributed by atoms with E-state index in [0.29, 0.717) is 23.3 Å². The molecule has 0 unspecified atom stereocenters. The molecule has 0 radical (unpaired) electrons. The molecular formula is C13H19BrN2O2. The standard InChI is InChI=1S/C13H19BrN2O2/c1-2-3-8-18-9-4-6-16-13(17)11-5-7-15-12(14)10-11/h5,7,10H,2-4,6,8-9H2,1H3,(H,16,17). The second-order valence-electron chi connectivity index (χ2n) is 3.94. The van der Waals surface area contributed by atoms with Gasteiger partial charge in [-0.25, -0.2) is 4.98 Å². The Labute approximate surface area is 116 Å². The molecule has 1 rings (SSSR count). The molecule has 0 spiro atoms. The fourth-order valence-corrected chi connectivity index (χ4v) is 1.74. The Morgan fingerprint density at radius 2 is 2.22 bits per heavy atom. The summed E-state index contributed by atoms with van der Waals surface area (Å²) in [6.45, 7) is 4.27. The van der Waals surface area contributed by atoms with Gasteiger partial charge in [-0.05, 0) is 40.9 Å². The van der Waals surface area contributed by atoms with Crippen molar-refractivity contribution in [3.05, 3.63) is 28.5 Å². The number of aromatic nitrogens is 1. The van der Waals surface area contributed by atoms with Gasteiger partial charge in [0, 0.05) is 31.5 Å². The average molecular weight is 315 g/mol. The van der Waals surface area contributed by atoms with Crippen molar-refractivity contribution in [2.24, 2.45) is 0 Å². The molecule has 100 valence electrons. The molecule has 1 amide bonds. The summed E-state index contributed by atoms with van der Waals surface area (Å²) >= 11 is 3.24. The molecule has 1 N–H and O–H groups in total. The first-order chi connectivity index (χ1) is 8.74. The Balaban J connectivity index is 2.14. The third-order valence-corrected chi connectivity index (χ3v) is 2.82. The summed E-state index contributed by atoms with van der Waals surface area (Å²) in [5.74, 6) is -0.0772. The van der Waals surface area contributed by atoms with E-state index in [1.54, 1.807) is 18.3 Å². The number of rotatable bonds is 8. The molecule has 0 saturated carbocycles. The van der Waals surface area contributed by atoms with Crippen molar-refractivity contribution < 1.29 is 9.53 Å². The summed E-state index contributed by atoms with van der Waals surface area (Å²) in [5.41, 5.74) is 0.615. The Hall–Kier alpha value is -0.940. The lowest BCUT2D eigenvalue weighted by atomic mass is 10.2. The maximum atomic E-state index is 11.7. The van der Waals surface area contributed by atoms with Gasteiger partial charge in [-0.2, -0.15) is 0 Å². The molecule has 1 aromatic rings. The molecule has 5 heteroatoms. The Kier molecular flexibility index (Phi) is 7.60. The lowest BCUT2D eigenvalue weighted by Gasteiger charge is -2.06. The highest BCUT2D eigenvalue weighted by Gasteiger charge is 2.04. The van der Waals surface area contributed by atoms with Gasteiger partial charge in [0.25, 0.3) is 5.91 Å². The monoisotopic (exact) mass is 314 g/mol. The third-order valence-electron chi connectivity index (χ3n) is 2.38. The number of ether oxygens (including phenoxy) is 1. The number of halogens is 1. The Morgan fingerprint density at radius 1 is 1.44 bits per heavy atom. The molecule has 0 aliphatic heterocycles. The second-order valence-corrected chi connectivity index (χ2v) is 4.76. The molecule has 0 aliphatic rings. The molecule has 0 aliphatic carbocycles. The normalized spacial score (nSPS) is 10.3. The maximum absolute atomic E-state index is 11.7. The van der Waals surface area contributed by atoms with Gasteiger partial charge in [-0.15, -0.1) is 0 Å². The minimum Gasteiger partial charge on any atom is -0.381 e. The van der Waals surface area contributed by atoms with E-state index in [2.05, 4.69) is 33.2 Å². The van der Waals surface area contributed by atoms with Crippen LogP contribution in [0.2, 0.25) is 0 Å². The molecule has 18 heavy (non-hydrogen) atoms. The predicted molar refractivity (Wildman–Crippen MR) is 74.6 cm³/mol. The minimum atomic E-state index is -0.0772. The topological polar surface area (TPSA) is 51.2 Å². The smallest absolute Gasteiger partial charge is 0.251 e. The lowest BCUT2D eigenvalue weighted by molar-refractivity contribution is 0.0940. The Bertz CT molecular complexity index is 372. The van der Waals surface area contributed by atoms with Crippen molar-refractivity contribution in [1.82, 2.24) is 10.3 Å². The number of hydrogen-bond acceptors (Lipinski definition) is 3. The number of nitrogens with one attached hydrogen (secondary N) is 1. The van der Waals surface area contributed by atoms with Gasteiger partial charge in [-0.3, -0.25) is 4.79 Å². The summed E-state index contributed by atoms with van der Waals surface area (Å²) in [4.78, 5) is 15.7. The van der Waals surface area contributed by atoms with Crippen LogP contribution in [-0.2, 0) is 4.74 Å². The lowest BCUT2D eigenvalue weighted by Crippen LogP contribution is -2.25. The first-order valence-corrected chi connectivity index (χ1v) is 7.01. The minimum absolute atomic E-state index is 0.0772. The number of carbonyl (C=O) groups excluding carboxylic acids is 1. The first kappa shape index (κ1) is 15.1. The molecule has 0 aromatic carbocycles. The third kappa shape index (κ3) is 6.12. The number of hydrogen-bond donors (Lipinski definition) is 1. The van der Waals surface area contributed by atoms with Crippen LogP contribution in [0.25, 0.3) is 0 Å². The van der Waals surface area contributed by atoms with Crippen LogP contribution < -0.4 is 5.32 Å². The number of carbonyl (C=O) groups is 1. The van der Waals surface area contributed by atoms with Crippen molar-refractivity contribution in [1.29, 1.82) is 0 Å². The molecule has 0 saturated heterocycles. The molecule has 0 atom stereocenters. The van der Waals surface area contributed by atoms with E-state index in [1.807, 2.05) is 0 Å². The maximum Gasteiger partial charge on any atom is 0.251 e. The highest BCUT2D eigenvalue weighted by atomic mass is 79.9. The van der Waals surface area contributed by atoms with E-state index in [-0.39, 0.29) is 5.91 Å². The largest absolute Gasteiger partial charge is 0.381 e. The molecule has 4 nitrogen and oxygen atoms in total. The van der Waals surface area contributed by atoms with Crippen molar-refractivity contribution in [2.75, 3.05) is 19.8 Å². The van der Waals surface area contributed by atoms with Crippen LogP contribution in [0.3, 0.4) is 0 Å². The van der Waals surface area contributed by atoms with Gasteiger partial charge in [0.1, 0.15) is 4.60 Å². The van der Waals surface area contributed by atoms with E-state index in [0.717, 1.165) is 25.9 Å². The van der Waals surface area contributed by atoms with E-state index in [4.69, 9.17) is 4.74 Å². The van der Waals surface area contributed by atoms with Gasteiger partial charge >= 0.3 is 0 Å². The van der Waals surface area contributed by atoms with E-state index in [9.17, 15) is 4.79 Å². The first-order valence-electron chi connectivity index (χ1n) is 6.21. The second kappa shape index (κ2) is 9.05. The van der Waals surface area contributed by atoms with Gasteiger partial charge in [0.15, 0.2) is 0 Å². The van der Waals surface area contributed by atoms with E-state index >= 15 is 0 Å². The highest BCUT2D eigenvalue weighted by molar-refractivity contribution is 9.10. The van der Waals surface area contributed by atoms with Crippen LogP contribution >= 0.6 is 15.9 Å². The van der Waals surface area contributed by atoms with Gasteiger partial charge in [0.05, 0.1) is 0 Å². The van der Waals surface area contributed by atoms with Gasteiger partial charge in [-0.1, -0.05) is 13.3 Å². The highest BCUT2D eigenvalue weighted by Crippen LogP contribution is 2.07. The van der Waals surface area contributed by atoms with Crippen LogP contribution in [-0.4, -0.2) is 30.6 Å². The van der Waals surface area contributed by atoms with Gasteiger partial charge in [0.2, 0.25) is 0 Å². The molecule has 0 fully saturated rings. The predicted octanol–water partition coefficient (Wildman–Crippen LogP) is 2.78. The van der Waals surface area contributed by atoms with Crippen molar-refractivity contribution in [2.45, 2.75) is 26.2 Å². The molecule has 0 bridgehead atoms. The van der Waals surface area contributed by atoms with Crippen LogP contribution in [0.1, 0.15) is 36.5 Å².